The summed E-state index contributed by atoms with van der Waals surface area (Å²) in [7, 11) is 1.71. The maximum atomic E-state index is 11.1. The van der Waals surface area contributed by atoms with E-state index in [-0.39, 0.29) is 0 Å². The highest BCUT2D eigenvalue weighted by molar-refractivity contribution is 5.38. The van der Waals surface area contributed by atoms with Crippen LogP contribution in [0.4, 0.5) is 0 Å². The Morgan fingerprint density at radius 1 is 1.24 bits per heavy atom. The minimum absolute atomic E-state index is 0.478. The quantitative estimate of drug-likeness (QED) is 0.917. The van der Waals surface area contributed by atoms with Gasteiger partial charge in [-0.3, -0.25) is 0 Å². The molecule has 0 spiro atoms. The van der Waals surface area contributed by atoms with Crippen LogP contribution in [0.2, 0.25) is 0 Å². The van der Waals surface area contributed by atoms with Gasteiger partial charge in [0.2, 0.25) is 0 Å². The Balaban J connectivity index is 1.50. The van der Waals surface area contributed by atoms with E-state index in [0.717, 1.165) is 49.2 Å². The number of aryl methyl sites for hydroxylation is 1. The summed E-state index contributed by atoms with van der Waals surface area (Å²) < 4.78 is 5.34. The Morgan fingerprint density at radius 3 is 2.86 bits per heavy atom. The van der Waals surface area contributed by atoms with Crippen molar-refractivity contribution in [3.8, 4) is 5.75 Å². The van der Waals surface area contributed by atoms with Gasteiger partial charge in [-0.05, 0) is 79.5 Å². The summed E-state index contributed by atoms with van der Waals surface area (Å²) >= 11 is 0. The normalized spacial score (nSPS) is 37.5. The highest BCUT2D eigenvalue weighted by atomic mass is 16.5. The van der Waals surface area contributed by atoms with Crippen LogP contribution in [0.25, 0.3) is 0 Å². The lowest BCUT2D eigenvalue weighted by molar-refractivity contribution is -0.00509. The van der Waals surface area contributed by atoms with Crippen molar-refractivity contribution in [2.45, 2.75) is 57.0 Å². The van der Waals surface area contributed by atoms with Crippen LogP contribution < -0.4 is 4.74 Å². The topological polar surface area (TPSA) is 29.5 Å². The van der Waals surface area contributed by atoms with Crippen molar-refractivity contribution in [1.29, 1.82) is 0 Å². The van der Waals surface area contributed by atoms with Gasteiger partial charge in [-0.15, -0.1) is 0 Å². The standard InChI is InChI=1S/C19H26O2/c1-21-18-5-4-14-6-7-19(20,12-17(14)10-18)11-16-9-13-2-3-15(16)8-13/h4-5,10,13,15-16,20H,2-3,6-9,11-12H2,1H3. The van der Waals surface area contributed by atoms with E-state index in [1.165, 1.54) is 36.8 Å². The molecule has 0 heterocycles. The number of methoxy groups -OCH3 is 1. The first-order chi connectivity index (χ1) is 10.1. The highest BCUT2D eigenvalue weighted by Crippen LogP contribution is 2.51. The predicted octanol–water partition coefficient (Wildman–Crippen LogP) is 3.74. The molecule has 21 heavy (non-hydrogen) atoms. The van der Waals surface area contributed by atoms with Gasteiger partial charge in [0.1, 0.15) is 5.75 Å². The Hall–Kier alpha value is -1.02. The second-order valence-electron chi connectivity index (χ2n) is 7.67. The Labute approximate surface area is 127 Å². The molecule has 4 rings (SSSR count). The average molecular weight is 286 g/mol. The van der Waals surface area contributed by atoms with Crippen LogP contribution in [0.5, 0.6) is 5.75 Å². The first-order valence-corrected chi connectivity index (χ1v) is 8.53. The molecular weight excluding hydrogens is 260 g/mol. The van der Waals surface area contributed by atoms with Crippen LogP contribution >= 0.6 is 0 Å². The van der Waals surface area contributed by atoms with Gasteiger partial charge in [0.05, 0.1) is 12.7 Å². The Morgan fingerprint density at radius 2 is 2.14 bits per heavy atom. The molecule has 2 bridgehead atoms. The summed E-state index contributed by atoms with van der Waals surface area (Å²) in [5, 5.41) is 11.1. The van der Waals surface area contributed by atoms with Gasteiger partial charge >= 0.3 is 0 Å². The molecule has 2 saturated carbocycles. The monoisotopic (exact) mass is 286 g/mol. The van der Waals surface area contributed by atoms with Crippen LogP contribution in [-0.2, 0) is 12.8 Å². The Kier molecular flexibility index (Phi) is 3.25. The van der Waals surface area contributed by atoms with Crippen LogP contribution in [0.15, 0.2) is 18.2 Å². The third kappa shape index (κ3) is 2.48. The van der Waals surface area contributed by atoms with Crippen LogP contribution in [0.3, 0.4) is 0 Å². The molecule has 3 aliphatic rings. The van der Waals surface area contributed by atoms with Crippen molar-refractivity contribution in [2.24, 2.45) is 17.8 Å². The lowest BCUT2D eigenvalue weighted by Crippen LogP contribution is -2.38. The van der Waals surface area contributed by atoms with Gasteiger partial charge in [-0.2, -0.15) is 0 Å². The van der Waals surface area contributed by atoms with E-state index in [2.05, 4.69) is 12.1 Å². The molecule has 0 radical (unpaired) electrons. The summed E-state index contributed by atoms with van der Waals surface area (Å²) in [4.78, 5) is 0. The summed E-state index contributed by atoms with van der Waals surface area (Å²) in [6, 6.07) is 6.34. The zero-order valence-corrected chi connectivity index (χ0v) is 13.0. The first-order valence-electron chi connectivity index (χ1n) is 8.53. The number of benzene rings is 1. The van der Waals surface area contributed by atoms with Gasteiger partial charge < -0.3 is 9.84 Å². The van der Waals surface area contributed by atoms with Gasteiger partial charge in [0.15, 0.2) is 0 Å². The predicted molar refractivity (Wildman–Crippen MR) is 83.5 cm³/mol. The molecule has 1 N–H and O–H groups in total. The van der Waals surface area contributed by atoms with E-state index in [0.29, 0.717) is 0 Å². The molecule has 0 amide bonds. The van der Waals surface area contributed by atoms with Gasteiger partial charge in [0, 0.05) is 6.42 Å². The second-order valence-corrected chi connectivity index (χ2v) is 7.67. The summed E-state index contributed by atoms with van der Waals surface area (Å²) in [5.74, 6) is 3.57. The molecule has 2 nitrogen and oxygen atoms in total. The maximum absolute atomic E-state index is 11.1. The van der Waals surface area contributed by atoms with E-state index in [4.69, 9.17) is 4.74 Å². The fraction of sp³-hybridized carbons (Fsp3) is 0.684. The van der Waals surface area contributed by atoms with Crippen LogP contribution in [-0.4, -0.2) is 17.8 Å². The molecule has 4 unspecified atom stereocenters. The van der Waals surface area contributed by atoms with E-state index in [1.54, 1.807) is 7.11 Å². The molecule has 0 aliphatic heterocycles. The largest absolute Gasteiger partial charge is 0.497 e. The summed E-state index contributed by atoms with van der Waals surface area (Å²) in [6.07, 6.45) is 9.44. The van der Waals surface area contributed by atoms with Gasteiger partial charge in [-0.25, -0.2) is 0 Å². The molecule has 1 aromatic carbocycles. The maximum Gasteiger partial charge on any atom is 0.119 e. The number of aliphatic hydroxyl groups is 1. The summed E-state index contributed by atoms with van der Waals surface area (Å²) in [5.41, 5.74) is 2.22. The fourth-order valence-corrected chi connectivity index (χ4v) is 5.24. The number of hydrogen-bond acceptors (Lipinski definition) is 2. The zero-order valence-electron chi connectivity index (χ0n) is 13.0. The molecule has 1 aromatic rings. The van der Waals surface area contributed by atoms with Crippen molar-refractivity contribution in [3.05, 3.63) is 29.3 Å². The third-order valence-electron chi connectivity index (χ3n) is 6.32. The highest BCUT2D eigenvalue weighted by Gasteiger charge is 2.44. The van der Waals surface area contributed by atoms with Crippen LogP contribution in [0.1, 0.15) is 49.7 Å². The number of hydrogen-bond donors (Lipinski definition) is 1. The SMILES string of the molecule is COc1ccc2c(c1)CC(O)(CC1CC3CCC1C3)CC2. The second kappa shape index (κ2) is 5.01. The van der Waals surface area contributed by atoms with Crippen molar-refractivity contribution in [1.82, 2.24) is 0 Å². The van der Waals surface area contributed by atoms with E-state index in [1.807, 2.05) is 6.07 Å². The van der Waals surface area contributed by atoms with Gasteiger partial charge in [-0.1, -0.05) is 12.5 Å². The minimum Gasteiger partial charge on any atom is -0.497 e. The van der Waals surface area contributed by atoms with E-state index in [9.17, 15) is 5.11 Å². The van der Waals surface area contributed by atoms with E-state index < -0.39 is 5.60 Å². The fourth-order valence-electron chi connectivity index (χ4n) is 5.24. The molecular formula is C19H26O2. The summed E-state index contributed by atoms with van der Waals surface area (Å²) in [6.45, 7) is 0. The smallest absolute Gasteiger partial charge is 0.119 e. The van der Waals surface area contributed by atoms with Crippen molar-refractivity contribution < 1.29 is 9.84 Å². The number of rotatable bonds is 3. The zero-order chi connectivity index (χ0) is 14.4. The van der Waals surface area contributed by atoms with Crippen molar-refractivity contribution in [2.75, 3.05) is 7.11 Å². The molecule has 0 aromatic heterocycles. The number of ether oxygens (including phenoxy) is 1. The molecule has 2 heteroatoms. The molecule has 2 fully saturated rings. The lowest BCUT2D eigenvalue weighted by atomic mass is 9.72. The molecule has 0 saturated heterocycles. The Bertz CT molecular complexity index is 538. The van der Waals surface area contributed by atoms with Crippen LogP contribution in [0, 0.1) is 17.8 Å². The molecule has 114 valence electrons. The number of fused-ring (bicyclic) bond motifs is 3. The van der Waals surface area contributed by atoms with Crippen molar-refractivity contribution >= 4 is 0 Å². The lowest BCUT2D eigenvalue weighted by Gasteiger charge is -2.37. The molecule has 3 aliphatic carbocycles. The van der Waals surface area contributed by atoms with E-state index >= 15 is 0 Å². The minimum atomic E-state index is -0.478. The molecule has 4 atom stereocenters. The van der Waals surface area contributed by atoms with Gasteiger partial charge in [0.25, 0.3) is 0 Å². The van der Waals surface area contributed by atoms with Crippen molar-refractivity contribution in [3.63, 3.8) is 0 Å². The first kappa shape index (κ1) is 13.6. The average Bonchev–Trinajstić information content (AvgIpc) is 3.08. The third-order valence-corrected chi connectivity index (χ3v) is 6.32.